The average molecular weight is 850 g/mol. The second kappa shape index (κ2) is 20.0. The highest BCUT2D eigenvalue weighted by Crippen LogP contribution is 2.54. The number of hydrogen-bond acceptors (Lipinski definition) is 14. The normalized spacial score (nSPS) is 40.6. The van der Waals surface area contributed by atoms with Crippen molar-refractivity contribution in [3.05, 3.63) is 24.8 Å². The predicted octanol–water partition coefficient (Wildman–Crippen LogP) is 6.46. The highest BCUT2D eigenvalue weighted by atomic mass is 16.8. The number of hydrogen-bond donors (Lipinski definition) is 3. The minimum atomic E-state index is -1.47. The monoisotopic (exact) mass is 850 g/mol. The van der Waals surface area contributed by atoms with Gasteiger partial charge in [0.2, 0.25) is 5.79 Å². The molecule has 4 saturated heterocycles. The molecule has 0 aromatic rings. The first-order valence-electron chi connectivity index (χ1n) is 22.8. The van der Waals surface area contributed by atoms with Crippen molar-refractivity contribution in [1.82, 2.24) is 0 Å². The lowest BCUT2D eigenvalue weighted by atomic mass is 9.73. The topological polar surface area (TPSA) is 192 Å². The molecule has 0 amide bonds. The zero-order chi connectivity index (χ0) is 44.2. The molecule has 5 rings (SSSR count). The predicted molar refractivity (Wildman–Crippen MR) is 222 cm³/mol. The summed E-state index contributed by atoms with van der Waals surface area (Å²) in [5.41, 5.74) is 4.93. The Labute approximate surface area is 357 Å². The molecule has 14 nitrogen and oxygen atoms in total. The number of ketones is 1. The van der Waals surface area contributed by atoms with E-state index in [1.165, 1.54) is 6.08 Å². The molecular weight excluding hydrogens is 774 g/mol. The van der Waals surface area contributed by atoms with Crippen molar-refractivity contribution in [1.29, 1.82) is 0 Å². The fraction of sp³-hybridized carbons (Fsp3) is 0.848. The van der Waals surface area contributed by atoms with Crippen LogP contribution in [0.15, 0.2) is 24.8 Å². The molecule has 0 radical (unpaired) electrons. The summed E-state index contributed by atoms with van der Waals surface area (Å²) < 4.78 is 50.4. The van der Waals surface area contributed by atoms with Crippen LogP contribution >= 0.6 is 0 Å². The van der Waals surface area contributed by atoms with Crippen LogP contribution in [-0.2, 0) is 47.5 Å². The second-order valence-corrected chi connectivity index (χ2v) is 18.4. The smallest absolute Gasteiger partial charge is 0.461 e. The van der Waals surface area contributed by atoms with Crippen molar-refractivity contribution >= 4 is 17.9 Å². The van der Waals surface area contributed by atoms with Crippen molar-refractivity contribution in [3.63, 3.8) is 0 Å². The molecule has 342 valence electrons. The van der Waals surface area contributed by atoms with Gasteiger partial charge in [0.25, 0.3) is 0 Å². The second-order valence-electron chi connectivity index (χ2n) is 18.4. The number of ether oxygens (including phenoxy) is 8. The third kappa shape index (κ3) is 9.86. The van der Waals surface area contributed by atoms with Gasteiger partial charge in [-0.2, -0.15) is 0 Å². The van der Waals surface area contributed by atoms with Crippen LogP contribution in [0.3, 0.4) is 0 Å². The Hall–Kier alpha value is -2.43. The van der Waals surface area contributed by atoms with Crippen LogP contribution < -0.4 is 5.73 Å². The van der Waals surface area contributed by atoms with E-state index in [0.29, 0.717) is 64.2 Å². The minimum absolute atomic E-state index is 0.0579. The van der Waals surface area contributed by atoms with Gasteiger partial charge in [0.1, 0.15) is 12.4 Å². The summed E-state index contributed by atoms with van der Waals surface area (Å²) >= 11 is 0. The third-order valence-corrected chi connectivity index (χ3v) is 14.5. The Morgan fingerprint density at radius 2 is 1.67 bits per heavy atom. The van der Waals surface area contributed by atoms with Gasteiger partial charge in [-0.3, -0.25) is 9.59 Å². The summed E-state index contributed by atoms with van der Waals surface area (Å²) in [4.78, 5) is 40.2. The SMILES string of the molecule is C=CCOC(=O)[C@H](CC)[C@H]1CCC[C@H]([C@@H](N)[C@H](O)[C@H](C)C(=O)[C@H](CC)[C@H]2O[C@]3(C=C[C@@H](OC(=O)OCC)[C@]4(CC[C@@](C)([C@H]5CC[C@](O)(CC)[C@H](C)O5)O4)O3)[C@H](C)C[C@@H]2C)O1. The summed E-state index contributed by atoms with van der Waals surface area (Å²) in [6.45, 7) is 21.0. The van der Waals surface area contributed by atoms with Gasteiger partial charge in [0, 0.05) is 24.2 Å². The van der Waals surface area contributed by atoms with Crippen LogP contribution in [0.1, 0.15) is 133 Å². The zero-order valence-electron chi connectivity index (χ0n) is 37.6. The van der Waals surface area contributed by atoms with Gasteiger partial charge >= 0.3 is 12.1 Å². The van der Waals surface area contributed by atoms with E-state index in [0.717, 1.165) is 6.42 Å². The number of aliphatic hydroxyl groups is 2. The largest absolute Gasteiger partial charge is 0.509 e. The third-order valence-electron chi connectivity index (χ3n) is 14.5. The lowest BCUT2D eigenvalue weighted by molar-refractivity contribution is -0.408. The van der Waals surface area contributed by atoms with Crippen LogP contribution in [0.25, 0.3) is 0 Å². The van der Waals surface area contributed by atoms with Crippen LogP contribution in [0.4, 0.5) is 4.79 Å². The highest BCUT2D eigenvalue weighted by molar-refractivity contribution is 5.84. The number of esters is 1. The van der Waals surface area contributed by atoms with E-state index < -0.39 is 89.4 Å². The minimum Gasteiger partial charge on any atom is -0.461 e. The van der Waals surface area contributed by atoms with Gasteiger partial charge in [0.15, 0.2) is 11.9 Å². The van der Waals surface area contributed by atoms with Gasteiger partial charge in [-0.25, -0.2) is 4.79 Å². The van der Waals surface area contributed by atoms with Crippen LogP contribution in [0, 0.1) is 29.6 Å². The molecule has 4 N–H and O–H groups in total. The molecule has 0 aromatic heterocycles. The molecule has 0 aromatic carbocycles. The van der Waals surface area contributed by atoms with Crippen molar-refractivity contribution in [2.24, 2.45) is 35.3 Å². The molecule has 17 atom stereocenters. The maximum Gasteiger partial charge on any atom is 0.509 e. The van der Waals surface area contributed by atoms with Crippen LogP contribution in [0.5, 0.6) is 0 Å². The molecule has 0 unspecified atom stereocenters. The van der Waals surface area contributed by atoms with Gasteiger partial charge in [-0.1, -0.05) is 54.2 Å². The molecule has 5 heterocycles. The average Bonchev–Trinajstić information content (AvgIpc) is 3.57. The number of carbonyl (C=O) groups excluding carboxylic acids is 3. The molecule has 0 saturated carbocycles. The first kappa shape index (κ1) is 48.6. The highest BCUT2D eigenvalue weighted by Gasteiger charge is 2.64. The number of carbonyl (C=O) groups is 3. The molecule has 60 heavy (non-hydrogen) atoms. The van der Waals surface area contributed by atoms with Gasteiger partial charge < -0.3 is 53.8 Å². The molecule has 0 bridgehead atoms. The lowest BCUT2D eigenvalue weighted by Gasteiger charge is -2.54. The first-order chi connectivity index (χ1) is 28.4. The fourth-order valence-corrected chi connectivity index (χ4v) is 10.5. The molecule has 0 aliphatic carbocycles. The molecule has 2 spiro atoms. The maximum absolute atomic E-state index is 14.6. The first-order valence-corrected chi connectivity index (χ1v) is 22.8. The van der Waals surface area contributed by atoms with E-state index in [2.05, 4.69) is 13.5 Å². The van der Waals surface area contributed by atoms with Crippen molar-refractivity contribution in [2.75, 3.05) is 13.2 Å². The Balaban J connectivity index is 1.35. The Morgan fingerprint density at radius 1 is 0.967 bits per heavy atom. The van der Waals surface area contributed by atoms with E-state index in [1.807, 2.05) is 41.5 Å². The van der Waals surface area contributed by atoms with Gasteiger partial charge in [-0.15, -0.1) is 0 Å². The van der Waals surface area contributed by atoms with Crippen LogP contribution in [0.2, 0.25) is 0 Å². The zero-order valence-corrected chi connectivity index (χ0v) is 37.6. The van der Waals surface area contributed by atoms with E-state index in [-0.39, 0.29) is 42.9 Å². The van der Waals surface area contributed by atoms with E-state index >= 15 is 0 Å². The molecule has 5 aliphatic rings. The quantitative estimate of drug-likeness (QED) is 0.113. The fourth-order valence-electron chi connectivity index (χ4n) is 10.5. The van der Waals surface area contributed by atoms with E-state index in [4.69, 9.17) is 43.6 Å². The van der Waals surface area contributed by atoms with E-state index in [1.54, 1.807) is 26.0 Å². The maximum atomic E-state index is 14.6. The summed E-state index contributed by atoms with van der Waals surface area (Å²) in [6, 6.07) is -0.872. The Morgan fingerprint density at radius 3 is 2.30 bits per heavy atom. The standard InChI is InChI=1S/C46H75NO13/c1-11-25-54-41(50)31(12-2)33-17-16-18-34(56-33)37(47)39(49)29(8)38(48)32(13-3)40-27(6)26-28(7)45(58-40)22-20-36(57-42(51)53-15-5)46(60-45)24-23-43(10,59-46)35-19-21-44(52,14-4)30(9)55-35/h11,20,22,27-37,39-40,49,52H,1,12-19,21,23-26,47H2,2-10H3/t27-,28+,29+,30-,31+,32-,33+,34+,35+,36+,37+,39+,40-,43-,44+,45-,46-/m0/s1. The molecule has 4 fully saturated rings. The Bertz CT molecular complexity index is 1530. The number of nitrogens with two attached hydrogens (primary N) is 1. The molecular formula is C46H75NO13. The summed E-state index contributed by atoms with van der Waals surface area (Å²) in [6.07, 6.45) is 5.88. The summed E-state index contributed by atoms with van der Waals surface area (Å²) in [7, 11) is 0. The number of rotatable bonds is 16. The lowest BCUT2D eigenvalue weighted by Crippen LogP contribution is -2.63. The van der Waals surface area contributed by atoms with Gasteiger partial charge in [-0.05, 0) is 103 Å². The summed E-state index contributed by atoms with van der Waals surface area (Å²) in [5.74, 6) is -5.53. The van der Waals surface area contributed by atoms with Crippen molar-refractivity contribution < 1.29 is 62.5 Å². The number of Topliss-reactive ketones (excluding diaryl/α,β-unsaturated/α-hetero) is 1. The van der Waals surface area contributed by atoms with E-state index in [9.17, 15) is 24.6 Å². The molecule has 5 aliphatic heterocycles. The van der Waals surface area contributed by atoms with Crippen LogP contribution in [-0.4, -0.2) is 113 Å². The number of aliphatic hydroxyl groups excluding tert-OH is 1. The molecule has 14 heteroatoms. The van der Waals surface area contributed by atoms with Crippen molar-refractivity contribution in [3.8, 4) is 0 Å². The van der Waals surface area contributed by atoms with Gasteiger partial charge in [0.05, 0.1) is 66.4 Å². The Kier molecular flexibility index (Phi) is 16.2. The van der Waals surface area contributed by atoms with Crippen molar-refractivity contribution in [2.45, 2.75) is 204 Å². The summed E-state index contributed by atoms with van der Waals surface area (Å²) in [5, 5.41) is 22.9.